The molecule has 0 aromatic carbocycles. The van der Waals surface area contributed by atoms with Gasteiger partial charge in [0.2, 0.25) is 5.91 Å². The van der Waals surface area contributed by atoms with Crippen LogP contribution in [-0.4, -0.2) is 34.9 Å². The summed E-state index contributed by atoms with van der Waals surface area (Å²) < 4.78 is 0. The van der Waals surface area contributed by atoms with Crippen LogP contribution in [0.1, 0.15) is 194 Å². The molecule has 2 unspecified atom stereocenters. The number of hydrogen-bond donors (Lipinski definition) is 3. The van der Waals surface area contributed by atoms with Crippen molar-refractivity contribution >= 4 is 5.91 Å². The van der Waals surface area contributed by atoms with Gasteiger partial charge in [-0.2, -0.15) is 0 Å². The van der Waals surface area contributed by atoms with E-state index in [1.165, 1.54) is 122 Å². The van der Waals surface area contributed by atoms with Gasteiger partial charge in [-0.1, -0.05) is 214 Å². The van der Waals surface area contributed by atoms with Gasteiger partial charge in [0.1, 0.15) is 0 Å². The predicted octanol–water partition coefficient (Wildman–Crippen LogP) is 13.7. The normalized spacial score (nSPS) is 13.8. The minimum atomic E-state index is -0.907. The van der Waals surface area contributed by atoms with Crippen LogP contribution in [0.3, 0.4) is 0 Å². The summed E-state index contributed by atoms with van der Waals surface area (Å²) in [6.45, 7) is 4.13. The quantitative estimate of drug-likeness (QED) is 0.0439. The first-order valence-electron chi connectivity index (χ1n) is 21.8. The maximum atomic E-state index is 12.3. The Morgan fingerprint density at radius 2 is 0.865 bits per heavy atom. The number of allylic oxidation sites excluding steroid dienone is 12. The third-order valence-electron chi connectivity index (χ3n) is 9.39. The highest BCUT2D eigenvalue weighted by Gasteiger charge is 2.17. The molecule has 0 aliphatic heterocycles. The van der Waals surface area contributed by atoms with E-state index in [0.29, 0.717) is 0 Å². The smallest absolute Gasteiger partial charge is 0.224 e. The van der Waals surface area contributed by atoms with Crippen LogP contribution in [0.2, 0.25) is 0 Å². The van der Waals surface area contributed by atoms with Crippen molar-refractivity contribution < 1.29 is 15.0 Å². The molecule has 298 valence electrons. The van der Waals surface area contributed by atoms with Crippen molar-refractivity contribution in [3.8, 4) is 0 Å². The highest BCUT2D eigenvalue weighted by atomic mass is 16.3. The fourth-order valence-corrected chi connectivity index (χ4v) is 6.08. The summed E-state index contributed by atoms with van der Waals surface area (Å²) in [5, 5.41) is 22.9. The van der Waals surface area contributed by atoms with Gasteiger partial charge in [0.05, 0.1) is 18.8 Å². The van der Waals surface area contributed by atoms with E-state index < -0.39 is 12.1 Å². The molecule has 0 aromatic rings. The number of aliphatic hydroxyl groups excluding tert-OH is 2. The SMILES string of the molecule is CC/C=C\C/C=C\C/C=C\C/C=C\C/C=C\CC(=O)NC(CO)C(O)/C=C/CC/C=C/CCCCCCCCCCCCCCCCCCCCC. The van der Waals surface area contributed by atoms with Crippen LogP contribution in [0, 0.1) is 0 Å². The van der Waals surface area contributed by atoms with E-state index in [2.05, 4.69) is 79.9 Å². The van der Waals surface area contributed by atoms with Crippen molar-refractivity contribution in [2.24, 2.45) is 0 Å². The van der Waals surface area contributed by atoms with Crippen molar-refractivity contribution in [2.45, 2.75) is 206 Å². The van der Waals surface area contributed by atoms with E-state index in [1.54, 1.807) is 6.08 Å². The molecule has 3 N–H and O–H groups in total. The molecule has 0 aromatic heterocycles. The molecule has 0 bridgehead atoms. The monoisotopic (exact) mass is 722 g/mol. The zero-order valence-electron chi connectivity index (χ0n) is 34.0. The average Bonchev–Trinajstić information content (AvgIpc) is 3.15. The van der Waals surface area contributed by atoms with Gasteiger partial charge in [-0.05, 0) is 57.8 Å². The molecule has 0 aliphatic carbocycles. The molecule has 1 amide bonds. The molecule has 4 heteroatoms. The van der Waals surface area contributed by atoms with E-state index in [-0.39, 0.29) is 18.9 Å². The minimum Gasteiger partial charge on any atom is -0.394 e. The molecule has 52 heavy (non-hydrogen) atoms. The highest BCUT2D eigenvalue weighted by Crippen LogP contribution is 2.15. The fraction of sp³-hybridized carbons (Fsp3) is 0.688. The molecular weight excluding hydrogens is 639 g/mol. The van der Waals surface area contributed by atoms with Gasteiger partial charge in [-0.25, -0.2) is 0 Å². The van der Waals surface area contributed by atoms with Crippen LogP contribution in [0.4, 0.5) is 0 Å². The van der Waals surface area contributed by atoms with E-state index in [9.17, 15) is 15.0 Å². The molecule has 0 fully saturated rings. The third-order valence-corrected chi connectivity index (χ3v) is 9.39. The van der Waals surface area contributed by atoms with Crippen molar-refractivity contribution in [3.05, 3.63) is 85.1 Å². The van der Waals surface area contributed by atoms with Crippen LogP contribution in [0.5, 0.6) is 0 Å². The van der Waals surface area contributed by atoms with Gasteiger partial charge >= 0.3 is 0 Å². The molecule has 0 saturated carbocycles. The second-order valence-electron chi connectivity index (χ2n) is 14.4. The van der Waals surface area contributed by atoms with E-state index in [1.807, 2.05) is 18.2 Å². The first kappa shape index (κ1) is 49.6. The Balaban J connectivity index is 3.70. The predicted molar refractivity (Wildman–Crippen MR) is 230 cm³/mol. The van der Waals surface area contributed by atoms with Gasteiger partial charge in [0.15, 0.2) is 0 Å². The molecular formula is C48H83NO3. The lowest BCUT2D eigenvalue weighted by Gasteiger charge is -2.19. The number of hydrogen-bond acceptors (Lipinski definition) is 3. The first-order chi connectivity index (χ1) is 25.7. The number of carbonyl (C=O) groups excluding carboxylic acids is 1. The number of nitrogens with one attached hydrogen (secondary N) is 1. The molecule has 0 spiro atoms. The second-order valence-corrected chi connectivity index (χ2v) is 14.4. The molecule has 0 rings (SSSR count). The minimum absolute atomic E-state index is 0.203. The second kappa shape index (κ2) is 43.0. The fourth-order valence-electron chi connectivity index (χ4n) is 6.08. The molecule has 0 radical (unpaired) electrons. The zero-order chi connectivity index (χ0) is 37.8. The zero-order valence-corrected chi connectivity index (χ0v) is 34.0. The topological polar surface area (TPSA) is 69.6 Å². The van der Waals surface area contributed by atoms with Crippen LogP contribution in [0.25, 0.3) is 0 Å². The van der Waals surface area contributed by atoms with Crippen LogP contribution >= 0.6 is 0 Å². The number of aliphatic hydroxyl groups is 2. The number of unbranched alkanes of at least 4 members (excludes halogenated alkanes) is 20. The van der Waals surface area contributed by atoms with Gasteiger partial charge in [0, 0.05) is 6.42 Å². The lowest BCUT2D eigenvalue weighted by Crippen LogP contribution is -2.44. The van der Waals surface area contributed by atoms with E-state index in [4.69, 9.17) is 0 Å². The van der Waals surface area contributed by atoms with Gasteiger partial charge in [-0.3, -0.25) is 4.79 Å². The number of carbonyl (C=O) groups is 1. The van der Waals surface area contributed by atoms with Gasteiger partial charge in [-0.15, -0.1) is 0 Å². The lowest BCUT2D eigenvalue weighted by molar-refractivity contribution is -0.122. The largest absolute Gasteiger partial charge is 0.394 e. The Morgan fingerprint density at radius 3 is 1.31 bits per heavy atom. The van der Waals surface area contributed by atoms with Crippen molar-refractivity contribution in [1.29, 1.82) is 0 Å². The van der Waals surface area contributed by atoms with Crippen LogP contribution in [-0.2, 0) is 4.79 Å². The Labute approximate surface area is 322 Å². The van der Waals surface area contributed by atoms with Crippen LogP contribution < -0.4 is 5.32 Å². The Kier molecular flexibility index (Phi) is 41.0. The Hall–Kier alpha value is -2.43. The first-order valence-corrected chi connectivity index (χ1v) is 21.8. The highest BCUT2D eigenvalue weighted by molar-refractivity contribution is 5.77. The van der Waals surface area contributed by atoms with E-state index >= 15 is 0 Å². The standard InChI is InChI=1S/C48H83NO3/c1-3-5-7-9-11-13-15-17-19-20-21-22-23-24-25-26-27-28-30-31-33-35-37-39-41-43-47(51)46(45-50)49-48(52)44-42-40-38-36-34-32-29-18-16-14-12-10-8-6-4-2/h6,8,12,14,18,29,33-36,40-43,46-47,50-51H,3-5,7,9-11,13,15-17,19-28,30-32,37-39,44-45H2,1-2H3,(H,49,52)/b8-6-,14-12-,29-18-,35-33+,36-34-,42-40-,43-41+. The molecule has 0 saturated heterocycles. The average molecular weight is 722 g/mol. The molecule has 0 heterocycles. The number of amides is 1. The van der Waals surface area contributed by atoms with Crippen molar-refractivity contribution in [2.75, 3.05) is 6.61 Å². The van der Waals surface area contributed by atoms with E-state index in [0.717, 1.165) is 51.4 Å². The number of rotatable bonds is 38. The summed E-state index contributed by atoms with van der Waals surface area (Å²) in [6.07, 6.45) is 63.0. The Morgan fingerprint density at radius 1 is 0.481 bits per heavy atom. The van der Waals surface area contributed by atoms with Crippen LogP contribution in [0.15, 0.2) is 85.1 Å². The molecule has 0 aliphatic rings. The van der Waals surface area contributed by atoms with Crippen molar-refractivity contribution in [3.63, 3.8) is 0 Å². The maximum Gasteiger partial charge on any atom is 0.224 e. The summed E-state index contributed by atoms with van der Waals surface area (Å²) in [5.41, 5.74) is 0. The molecule has 4 nitrogen and oxygen atoms in total. The molecule has 2 atom stereocenters. The van der Waals surface area contributed by atoms with Gasteiger partial charge < -0.3 is 15.5 Å². The third kappa shape index (κ3) is 38.8. The van der Waals surface area contributed by atoms with Crippen molar-refractivity contribution in [1.82, 2.24) is 5.32 Å². The summed E-state index contributed by atoms with van der Waals surface area (Å²) in [7, 11) is 0. The summed E-state index contributed by atoms with van der Waals surface area (Å²) in [4.78, 5) is 12.3. The lowest BCUT2D eigenvalue weighted by atomic mass is 10.0. The summed E-state index contributed by atoms with van der Waals surface area (Å²) >= 11 is 0. The van der Waals surface area contributed by atoms with Gasteiger partial charge in [0.25, 0.3) is 0 Å². The summed E-state index contributed by atoms with van der Waals surface area (Å²) in [5.74, 6) is -0.203. The summed E-state index contributed by atoms with van der Waals surface area (Å²) in [6, 6.07) is -0.698. The Bertz CT molecular complexity index is 957. The maximum absolute atomic E-state index is 12.3.